The van der Waals surface area contributed by atoms with Crippen molar-refractivity contribution in [3.05, 3.63) is 11.8 Å². The molecule has 0 bridgehead atoms. The number of hydrogen-bond donors (Lipinski definition) is 0. The third kappa shape index (κ3) is 14.0. The third-order valence-corrected chi connectivity index (χ3v) is 0.821. The van der Waals surface area contributed by atoms with Crippen LogP contribution in [0, 0.1) is 0 Å². The van der Waals surface area contributed by atoms with Crippen LogP contribution in [0.3, 0.4) is 0 Å². The van der Waals surface area contributed by atoms with E-state index in [1.165, 1.54) is 0 Å². The minimum absolute atomic E-state index is 0. The van der Waals surface area contributed by atoms with Gasteiger partial charge in [0.05, 0.1) is 0 Å². The Labute approximate surface area is 117 Å². The second-order valence-corrected chi connectivity index (χ2v) is 5.89. The maximum Gasteiger partial charge on any atom is 1.00 e. The zero-order valence-electron chi connectivity index (χ0n) is 9.41. The van der Waals surface area contributed by atoms with E-state index in [0.29, 0.717) is 7.92 Å². The van der Waals surface area contributed by atoms with Crippen molar-refractivity contribution in [3.63, 3.8) is 0 Å². The number of rotatable bonds is 1. The predicted octanol–water partition coefficient (Wildman–Crippen LogP) is 2.28. The molecule has 0 atom stereocenters. The summed E-state index contributed by atoms with van der Waals surface area (Å²) in [5, 5.41) is 9.82. The van der Waals surface area contributed by atoms with Gasteiger partial charge in [0.2, 0.25) is 0 Å². The van der Waals surface area contributed by atoms with E-state index in [0.717, 1.165) is 0 Å². The van der Waals surface area contributed by atoms with Crippen LogP contribution in [0.2, 0.25) is 0 Å². The van der Waals surface area contributed by atoms with Gasteiger partial charge in [-0.3, -0.25) is 4.79 Å². The van der Waals surface area contributed by atoms with Gasteiger partial charge in [0.15, 0.2) is 0 Å². The Kier molecular flexibility index (Phi) is 11.5. The molecule has 0 rings (SSSR count). The van der Waals surface area contributed by atoms with Crippen molar-refractivity contribution in [2.45, 2.75) is 12.4 Å². The van der Waals surface area contributed by atoms with E-state index >= 15 is 0 Å². The van der Waals surface area contributed by atoms with Gasteiger partial charge in [-0.05, 0) is 31.8 Å². The Balaban J connectivity index is -0.000000392. The predicted molar refractivity (Wildman–Crippen MR) is 49.9 cm³/mol. The number of alkyl halides is 6. The van der Waals surface area contributed by atoms with Crippen LogP contribution in [-0.2, 0) is 27.2 Å². The van der Waals surface area contributed by atoms with Crippen molar-refractivity contribution in [2.75, 3.05) is 20.0 Å². The molecule has 0 unspecified atom stereocenters. The zero-order valence-corrected chi connectivity index (χ0v) is 11.8. The molecule has 18 heavy (non-hydrogen) atoms. The van der Waals surface area contributed by atoms with Crippen LogP contribution < -0.4 is 5.11 Å². The summed E-state index contributed by atoms with van der Waals surface area (Å²) in [6, 6.07) is 0. The first-order valence-corrected chi connectivity index (χ1v) is 6.64. The fraction of sp³-hybridized carbons (Fsp3) is 0.625. The number of hydrogen-bond acceptors (Lipinski definition) is 2. The van der Waals surface area contributed by atoms with Crippen LogP contribution in [0.1, 0.15) is 0 Å². The van der Waals surface area contributed by atoms with Gasteiger partial charge in [-0.15, -0.1) is 7.92 Å². The second-order valence-electron chi connectivity index (χ2n) is 3.21. The molecule has 0 aromatic carbocycles. The molecule has 0 saturated carbocycles. The van der Waals surface area contributed by atoms with E-state index in [2.05, 4.69) is 20.0 Å². The summed E-state index contributed by atoms with van der Waals surface area (Å²) in [5.41, 5.74) is 0. The van der Waals surface area contributed by atoms with Gasteiger partial charge in [0, 0.05) is 0 Å². The fourth-order valence-electron chi connectivity index (χ4n) is 0.283. The molecule has 0 aliphatic rings. The van der Waals surface area contributed by atoms with Crippen molar-refractivity contribution < 1.29 is 58.6 Å². The standard InChI is InChI=1S/C5H2F6O2.C3H9P.Ag/c6-4(7,8)2(12)1-3(13)5(9,10)11;1-4(2)3;/h1,12H;1-3H3;/q;;+1/p-1/b2-1-;;. The van der Waals surface area contributed by atoms with Crippen molar-refractivity contribution >= 4 is 13.7 Å². The Morgan fingerprint density at radius 1 is 1.00 bits per heavy atom. The summed E-state index contributed by atoms with van der Waals surface area (Å²) >= 11 is 0. The average Bonchev–Trinajstić information content (AvgIpc) is 1.98. The van der Waals surface area contributed by atoms with Crippen LogP contribution in [0.15, 0.2) is 11.8 Å². The first-order chi connectivity index (χ1) is 7.28. The van der Waals surface area contributed by atoms with Gasteiger partial charge in [-0.25, -0.2) is 0 Å². The average molecular weight is 391 g/mol. The monoisotopic (exact) mass is 390 g/mol. The van der Waals surface area contributed by atoms with Gasteiger partial charge in [-0.1, -0.05) is 0 Å². The van der Waals surface area contributed by atoms with E-state index in [9.17, 15) is 36.2 Å². The summed E-state index contributed by atoms with van der Waals surface area (Å²) in [4.78, 5) is 9.82. The van der Waals surface area contributed by atoms with Gasteiger partial charge in [-0.2, -0.15) is 26.3 Å². The largest absolute Gasteiger partial charge is 1.00 e. The van der Waals surface area contributed by atoms with Gasteiger partial charge >= 0.3 is 34.7 Å². The second kappa shape index (κ2) is 8.96. The van der Waals surface area contributed by atoms with Crippen LogP contribution in [-0.4, -0.2) is 38.1 Å². The Morgan fingerprint density at radius 2 is 1.28 bits per heavy atom. The van der Waals surface area contributed by atoms with Crippen LogP contribution in [0.25, 0.3) is 0 Å². The molecule has 0 aliphatic carbocycles. The molecule has 0 spiro atoms. The number of carbonyl (C=O) groups excluding carboxylic acids is 1. The molecule has 0 aromatic heterocycles. The normalized spacial score (nSPS) is 12.4. The summed E-state index contributed by atoms with van der Waals surface area (Å²) in [5.74, 6) is -5.65. The molecule has 112 valence electrons. The van der Waals surface area contributed by atoms with Gasteiger partial charge in [0.25, 0.3) is 5.78 Å². The Morgan fingerprint density at radius 3 is 1.44 bits per heavy atom. The molecule has 0 aliphatic heterocycles. The molecule has 0 heterocycles. The maximum absolute atomic E-state index is 11.3. The molecule has 0 radical (unpaired) electrons. The summed E-state index contributed by atoms with van der Waals surface area (Å²) < 4.78 is 67.8. The maximum atomic E-state index is 11.3. The molecular formula is C8H10AgF6O2P. The molecule has 0 saturated heterocycles. The SMILES string of the molecule is CP(C)C.O=C(/C=C(\[O-])C(F)(F)F)C(F)(F)F.[Ag+]. The topological polar surface area (TPSA) is 40.1 Å². The van der Waals surface area contributed by atoms with Crippen molar-refractivity contribution in [1.29, 1.82) is 0 Å². The zero-order chi connectivity index (χ0) is 14.4. The Hall–Kier alpha value is -0.0397. The van der Waals surface area contributed by atoms with Crippen molar-refractivity contribution in [2.24, 2.45) is 0 Å². The molecule has 0 N–H and O–H groups in total. The quantitative estimate of drug-likeness (QED) is 0.226. The number of ketones is 1. The molecular weight excluding hydrogens is 381 g/mol. The minimum atomic E-state index is -5.46. The molecule has 0 fully saturated rings. The summed E-state index contributed by atoms with van der Waals surface area (Å²) in [6.45, 7) is 6.69. The van der Waals surface area contributed by atoms with Crippen LogP contribution in [0.4, 0.5) is 26.3 Å². The van der Waals surface area contributed by atoms with E-state index in [-0.39, 0.29) is 22.4 Å². The van der Waals surface area contributed by atoms with Gasteiger partial charge in [0.1, 0.15) is 0 Å². The van der Waals surface area contributed by atoms with Crippen molar-refractivity contribution in [1.82, 2.24) is 0 Å². The first kappa shape index (κ1) is 23.1. The summed E-state index contributed by atoms with van der Waals surface area (Å²) in [7, 11) is 0.380. The molecule has 2 nitrogen and oxygen atoms in total. The number of halogens is 6. The van der Waals surface area contributed by atoms with Crippen molar-refractivity contribution in [3.8, 4) is 0 Å². The third-order valence-electron chi connectivity index (χ3n) is 0.821. The van der Waals surface area contributed by atoms with Crippen LogP contribution >= 0.6 is 7.92 Å². The van der Waals surface area contributed by atoms with Crippen LogP contribution in [0.5, 0.6) is 0 Å². The minimum Gasteiger partial charge on any atom is -0.869 e. The fourth-order valence-corrected chi connectivity index (χ4v) is 0.283. The smallest absolute Gasteiger partial charge is 0.869 e. The number of carbonyl (C=O) groups is 1. The molecule has 10 heteroatoms. The first-order valence-electron chi connectivity index (χ1n) is 3.96. The van der Waals surface area contributed by atoms with E-state index < -0.39 is 30.0 Å². The Bertz CT molecular complexity index is 282. The molecule has 0 aromatic rings. The number of allylic oxidation sites excluding steroid dienone is 2. The summed E-state index contributed by atoms with van der Waals surface area (Å²) in [6.07, 6.45) is -11.9. The van der Waals surface area contributed by atoms with Gasteiger partial charge < -0.3 is 5.11 Å². The molecule has 0 amide bonds. The van der Waals surface area contributed by atoms with E-state index in [1.807, 2.05) is 0 Å². The van der Waals surface area contributed by atoms with E-state index in [4.69, 9.17) is 0 Å². The van der Waals surface area contributed by atoms with E-state index in [1.54, 1.807) is 0 Å².